The third-order valence-corrected chi connectivity index (χ3v) is 3.51. The van der Waals surface area contributed by atoms with Crippen molar-refractivity contribution in [3.8, 4) is 0 Å². The van der Waals surface area contributed by atoms with Gasteiger partial charge in [0.15, 0.2) is 0 Å². The number of nitrogens with zero attached hydrogens (tertiary/aromatic N) is 2. The highest BCUT2D eigenvalue weighted by Gasteiger charge is 2.25. The molecule has 2 aromatic heterocycles. The molecule has 0 saturated heterocycles. The molecule has 1 amide bonds. The molecule has 0 saturated carbocycles. The second-order valence-electron chi connectivity index (χ2n) is 4.86. The maximum Gasteiger partial charge on any atom is 0.237 e. The maximum absolute atomic E-state index is 12.1. The molecule has 0 aliphatic carbocycles. The van der Waals surface area contributed by atoms with Crippen LogP contribution in [-0.2, 0) is 24.2 Å². The number of carbonyl (C=O) groups is 1. The van der Waals surface area contributed by atoms with Gasteiger partial charge in [0.05, 0.1) is 23.8 Å². The summed E-state index contributed by atoms with van der Waals surface area (Å²) in [6, 6.07) is 3.73. The van der Waals surface area contributed by atoms with Crippen LogP contribution in [0.5, 0.6) is 0 Å². The number of H-pyrrole nitrogens is 1. The second-order valence-corrected chi connectivity index (χ2v) is 4.86. The van der Waals surface area contributed by atoms with Crippen LogP contribution in [0.15, 0.2) is 30.9 Å². The fraction of sp³-hybridized carbons (Fsp3) is 0.357. The summed E-state index contributed by atoms with van der Waals surface area (Å²) in [6.07, 6.45) is 6.66. The van der Waals surface area contributed by atoms with E-state index >= 15 is 0 Å². The van der Waals surface area contributed by atoms with E-state index in [1.54, 1.807) is 18.7 Å². The molecule has 3 heterocycles. The van der Waals surface area contributed by atoms with Gasteiger partial charge in [0, 0.05) is 31.9 Å². The van der Waals surface area contributed by atoms with Gasteiger partial charge in [-0.15, -0.1) is 0 Å². The average Bonchev–Trinajstić information content (AvgIpc) is 2.95. The number of imidazole rings is 1. The molecule has 6 nitrogen and oxygen atoms in total. The minimum Gasteiger partial charge on any atom is -0.354 e. The summed E-state index contributed by atoms with van der Waals surface area (Å²) in [5.74, 6) is 0.0349. The minimum atomic E-state index is -0.191. The molecule has 2 aromatic rings. The van der Waals surface area contributed by atoms with Gasteiger partial charge in [0.1, 0.15) is 0 Å². The van der Waals surface area contributed by atoms with Gasteiger partial charge in [-0.3, -0.25) is 15.1 Å². The SMILES string of the molecule is O=C(NCCc1ccncc1)C1Cc2nc[nH]c2CN1. The Kier molecular flexibility index (Phi) is 3.73. The van der Waals surface area contributed by atoms with Crippen LogP contribution in [0.1, 0.15) is 17.0 Å². The van der Waals surface area contributed by atoms with E-state index in [1.165, 1.54) is 5.56 Å². The number of aromatic amines is 1. The molecule has 0 fully saturated rings. The van der Waals surface area contributed by atoms with Gasteiger partial charge in [0.2, 0.25) is 5.91 Å². The Morgan fingerprint density at radius 2 is 2.25 bits per heavy atom. The van der Waals surface area contributed by atoms with E-state index in [4.69, 9.17) is 0 Å². The zero-order chi connectivity index (χ0) is 13.8. The van der Waals surface area contributed by atoms with Crippen LogP contribution in [0.2, 0.25) is 0 Å². The number of fused-ring (bicyclic) bond motifs is 1. The van der Waals surface area contributed by atoms with Crippen LogP contribution in [-0.4, -0.2) is 33.4 Å². The van der Waals surface area contributed by atoms with Crippen molar-refractivity contribution in [3.05, 3.63) is 47.8 Å². The van der Waals surface area contributed by atoms with Gasteiger partial charge < -0.3 is 10.3 Å². The number of hydrogen-bond acceptors (Lipinski definition) is 4. The van der Waals surface area contributed by atoms with E-state index in [-0.39, 0.29) is 11.9 Å². The van der Waals surface area contributed by atoms with Crippen molar-refractivity contribution in [1.29, 1.82) is 0 Å². The molecular formula is C14H17N5O. The number of rotatable bonds is 4. The van der Waals surface area contributed by atoms with E-state index < -0.39 is 0 Å². The molecular weight excluding hydrogens is 254 g/mol. The lowest BCUT2D eigenvalue weighted by atomic mass is 10.0. The second kappa shape index (κ2) is 5.83. The molecule has 0 bridgehead atoms. The molecule has 1 unspecified atom stereocenters. The highest BCUT2D eigenvalue weighted by molar-refractivity contribution is 5.82. The molecule has 3 N–H and O–H groups in total. The largest absolute Gasteiger partial charge is 0.354 e. The predicted molar refractivity (Wildman–Crippen MR) is 73.9 cm³/mol. The minimum absolute atomic E-state index is 0.0349. The number of hydrogen-bond donors (Lipinski definition) is 3. The quantitative estimate of drug-likeness (QED) is 0.740. The van der Waals surface area contributed by atoms with Gasteiger partial charge in [-0.05, 0) is 24.1 Å². The van der Waals surface area contributed by atoms with Gasteiger partial charge in [-0.25, -0.2) is 4.98 Å². The number of amides is 1. The Hall–Kier alpha value is -2.21. The van der Waals surface area contributed by atoms with Gasteiger partial charge >= 0.3 is 0 Å². The first kappa shape index (κ1) is 12.8. The monoisotopic (exact) mass is 271 g/mol. The summed E-state index contributed by atoms with van der Waals surface area (Å²) < 4.78 is 0. The third kappa shape index (κ3) is 2.85. The van der Waals surface area contributed by atoms with E-state index in [2.05, 4.69) is 25.6 Å². The van der Waals surface area contributed by atoms with E-state index in [9.17, 15) is 4.79 Å². The first-order chi connectivity index (χ1) is 9.83. The van der Waals surface area contributed by atoms with Crippen molar-refractivity contribution < 1.29 is 4.79 Å². The van der Waals surface area contributed by atoms with Crippen LogP contribution in [0.4, 0.5) is 0 Å². The molecule has 3 rings (SSSR count). The van der Waals surface area contributed by atoms with Gasteiger partial charge in [-0.1, -0.05) is 0 Å². The zero-order valence-electron chi connectivity index (χ0n) is 11.1. The zero-order valence-corrected chi connectivity index (χ0v) is 11.1. The normalized spacial score (nSPS) is 17.5. The summed E-state index contributed by atoms with van der Waals surface area (Å²) in [7, 11) is 0. The number of nitrogens with one attached hydrogen (secondary N) is 3. The molecule has 0 aromatic carbocycles. The standard InChI is InChI=1S/C14H17N5O/c20-14(16-6-3-10-1-4-15-5-2-10)12-7-11-13(8-17-12)19-9-18-11/h1-2,4-5,9,12,17H,3,6-8H2,(H,16,20)(H,18,19). The summed E-state index contributed by atoms with van der Waals surface area (Å²) in [4.78, 5) is 23.4. The van der Waals surface area contributed by atoms with Crippen LogP contribution in [0.25, 0.3) is 0 Å². The van der Waals surface area contributed by atoms with Crippen LogP contribution >= 0.6 is 0 Å². The van der Waals surface area contributed by atoms with Crippen LogP contribution in [0.3, 0.4) is 0 Å². The van der Waals surface area contributed by atoms with E-state index in [0.717, 1.165) is 17.8 Å². The van der Waals surface area contributed by atoms with Gasteiger partial charge in [-0.2, -0.15) is 0 Å². The highest BCUT2D eigenvalue weighted by Crippen LogP contribution is 2.12. The predicted octanol–water partition coefficient (Wildman–Crippen LogP) is 0.178. The number of aromatic nitrogens is 3. The van der Waals surface area contributed by atoms with Crippen molar-refractivity contribution >= 4 is 5.91 Å². The Morgan fingerprint density at radius 1 is 1.40 bits per heavy atom. The van der Waals surface area contributed by atoms with Crippen molar-refractivity contribution in [2.24, 2.45) is 0 Å². The lowest BCUT2D eigenvalue weighted by Gasteiger charge is -2.22. The maximum atomic E-state index is 12.1. The van der Waals surface area contributed by atoms with Crippen molar-refractivity contribution in [2.75, 3.05) is 6.54 Å². The summed E-state index contributed by atoms with van der Waals surface area (Å²) in [5, 5.41) is 6.18. The lowest BCUT2D eigenvalue weighted by molar-refractivity contribution is -0.123. The average molecular weight is 271 g/mol. The van der Waals surface area contributed by atoms with Crippen molar-refractivity contribution in [1.82, 2.24) is 25.6 Å². The molecule has 0 spiro atoms. The van der Waals surface area contributed by atoms with E-state index in [0.29, 0.717) is 19.5 Å². The molecule has 0 radical (unpaired) electrons. The van der Waals surface area contributed by atoms with Crippen LogP contribution in [0, 0.1) is 0 Å². The Morgan fingerprint density at radius 3 is 3.10 bits per heavy atom. The first-order valence-corrected chi connectivity index (χ1v) is 6.74. The Labute approximate surface area is 117 Å². The number of carbonyl (C=O) groups excluding carboxylic acids is 1. The number of pyridine rings is 1. The third-order valence-electron chi connectivity index (χ3n) is 3.51. The summed E-state index contributed by atoms with van der Waals surface area (Å²) in [5.41, 5.74) is 3.23. The summed E-state index contributed by atoms with van der Waals surface area (Å²) in [6.45, 7) is 1.30. The molecule has 1 aliphatic rings. The van der Waals surface area contributed by atoms with E-state index in [1.807, 2.05) is 12.1 Å². The summed E-state index contributed by atoms with van der Waals surface area (Å²) >= 11 is 0. The van der Waals surface area contributed by atoms with Crippen molar-refractivity contribution in [2.45, 2.75) is 25.4 Å². The topological polar surface area (TPSA) is 82.7 Å². The molecule has 1 aliphatic heterocycles. The Bertz CT molecular complexity index is 580. The smallest absolute Gasteiger partial charge is 0.237 e. The first-order valence-electron chi connectivity index (χ1n) is 6.74. The highest BCUT2D eigenvalue weighted by atomic mass is 16.2. The van der Waals surface area contributed by atoms with Crippen molar-refractivity contribution in [3.63, 3.8) is 0 Å². The Balaban J connectivity index is 1.48. The van der Waals surface area contributed by atoms with Crippen LogP contribution < -0.4 is 10.6 Å². The molecule has 104 valence electrons. The lowest BCUT2D eigenvalue weighted by Crippen LogP contribution is -2.48. The fourth-order valence-electron chi connectivity index (χ4n) is 2.36. The molecule has 1 atom stereocenters. The van der Waals surface area contributed by atoms with Gasteiger partial charge in [0.25, 0.3) is 0 Å². The molecule has 20 heavy (non-hydrogen) atoms. The fourth-order valence-corrected chi connectivity index (χ4v) is 2.36. The molecule has 6 heteroatoms.